The maximum absolute atomic E-state index is 12.7. The van der Waals surface area contributed by atoms with Crippen LogP contribution >= 0.6 is 11.6 Å². The highest BCUT2D eigenvalue weighted by molar-refractivity contribution is 6.30. The number of halogens is 1. The first-order valence-corrected chi connectivity index (χ1v) is 10.3. The Kier molecular flexibility index (Phi) is 5.90. The molecular formula is C21H25ClN6O2. The Hall–Kier alpha value is -2.68. The van der Waals surface area contributed by atoms with Crippen molar-refractivity contribution in [2.24, 2.45) is 5.73 Å². The fourth-order valence-corrected chi connectivity index (χ4v) is 4.07. The highest BCUT2D eigenvalue weighted by Crippen LogP contribution is 2.29. The van der Waals surface area contributed by atoms with Gasteiger partial charge in [0.1, 0.15) is 17.8 Å². The molecule has 1 aliphatic rings. The normalized spacial score (nSPS) is 17.1. The van der Waals surface area contributed by atoms with Crippen LogP contribution in [-0.4, -0.2) is 51.2 Å². The van der Waals surface area contributed by atoms with Crippen LogP contribution in [0.5, 0.6) is 0 Å². The lowest BCUT2D eigenvalue weighted by atomic mass is 9.85. The van der Waals surface area contributed by atoms with E-state index in [1.54, 1.807) is 30.6 Å². The van der Waals surface area contributed by atoms with Gasteiger partial charge in [-0.1, -0.05) is 23.7 Å². The summed E-state index contributed by atoms with van der Waals surface area (Å²) in [6, 6.07) is 8.55. The second kappa shape index (κ2) is 8.59. The maximum atomic E-state index is 12.7. The number of fused-ring (bicyclic) bond motifs is 1. The van der Waals surface area contributed by atoms with Crippen molar-refractivity contribution in [2.45, 2.75) is 30.8 Å². The van der Waals surface area contributed by atoms with Crippen LogP contribution in [0.15, 0.2) is 42.9 Å². The fraction of sp³-hybridized carbons (Fsp3) is 0.381. The number of hydrogen-bond acceptors (Lipinski definition) is 6. The third-order valence-corrected chi connectivity index (χ3v) is 5.95. The number of aromatic nitrogens is 3. The molecule has 0 saturated carbocycles. The van der Waals surface area contributed by atoms with E-state index in [9.17, 15) is 9.90 Å². The molecule has 1 aromatic carbocycles. The number of nitrogens with one attached hydrogen (secondary N) is 2. The van der Waals surface area contributed by atoms with Crippen LogP contribution in [-0.2, 0) is 4.79 Å². The maximum Gasteiger partial charge on any atom is 0.222 e. The number of aliphatic hydroxyl groups is 1. The third kappa shape index (κ3) is 4.40. The minimum Gasteiger partial charge on any atom is -0.394 e. The Morgan fingerprint density at radius 3 is 2.70 bits per heavy atom. The Balaban J connectivity index is 1.36. The van der Waals surface area contributed by atoms with Crippen LogP contribution in [0.4, 0.5) is 5.82 Å². The van der Waals surface area contributed by atoms with Crippen molar-refractivity contribution >= 4 is 34.4 Å². The molecule has 4 rings (SSSR count). The van der Waals surface area contributed by atoms with Gasteiger partial charge in [0.25, 0.3) is 0 Å². The standard InChI is InChI=1S/C21H25ClN6O2/c22-15-3-1-14(2-4-15)17(12-29)27-18(30)11-21(23)6-9-28(10-7-21)20-16-5-8-24-19(16)25-13-26-20/h1-5,8,13,17,29H,6-7,9-12,23H2,(H,27,30)(H,24,25,26). The average molecular weight is 429 g/mol. The summed E-state index contributed by atoms with van der Waals surface area (Å²) in [7, 11) is 0. The Morgan fingerprint density at radius 1 is 1.27 bits per heavy atom. The van der Waals surface area contributed by atoms with Crippen LogP contribution in [0.2, 0.25) is 5.02 Å². The zero-order valence-corrected chi connectivity index (χ0v) is 17.3. The number of hydrogen-bond donors (Lipinski definition) is 4. The van der Waals surface area contributed by atoms with E-state index in [0.717, 1.165) is 22.4 Å². The number of benzene rings is 1. The minimum atomic E-state index is -0.592. The van der Waals surface area contributed by atoms with Gasteiger partial charge in [-0.05, 0) is 36.6 Å². The van der Waals surface area contributed by atoms with Gasteiger partial charge in [-0.3, -0.25) is 4.79 Å². The SMILES string of the molecule is NC1(CC(=O)NC(CO)c2ccc(Cl)cc2)CCN(c2ncnc3[nH]ccc23)CC1. The predicted molar refractivity (Wildman–Crippen MR) is 116 cm³/mol. The number of anilines is 1. The number of H-pyrrole nitrogens is 1. The monoisotopic (exact) mass is 428 g/mol. The van der Waals surface area contributed by atoms with Crippen LogP contribution in [0.25, 0.3) is 11.0 Å². The minimum absolute atomic E-state index is 0.171. The van der Waals surface area contributed by atoms with E-state index in [4.69, 9.17) is 17.3 Å². The van der Waals surface area contributed by atoms with Gasteiger partial charge in [0, 0.05) is 36.3 Å². The summed E-state index contributed by atoms with van der Waals surface area (Å²) in [5.74, 6) is 0.714. The van der Waals surface area contributed by atoms with Gasteiger partial charge in [0.15, 0.2) is 0 Å². The topological polar surface area (TPSA) is 120 Å². The quantitative estimate of drug-likeness (QED) is 0.477. The number of carbonyl (C=O) groups excluding carboxylic acids is 1. The summed E-state index contributed by atoms with van der Waals surface area (Å²) in [4.78, 5) is 26.6. The number of aliphatic hydroxyl groups excluding tert-OH is 1. The Labute approximate surface area is 179 Å². The first kappa shape index (κ1) is 20.6. The van der Waals surface area contributed by atoms with E-state index in [1.807, 2.05) is 12.3 Å². The molecule has 3 heterocycles. The zero-order valence-electron chi connectivity index (χ0n) is 16.5. The lowest BCUT2D eigenvalue weighted by Crippen LogP contribution is -2.53. The predicted octanol–water partition coefficient (Wildman–Crippen LogP) is 2.15. The molecule has 0 bridgehead atoms. The van der Waals surface area contributed by atoms with E-state index < -0.39 is 11.6 Å². The third-order valence-electron chi connectivity index (χ3n) is 5.69. The fourth-order valence-electron chi connectivity index (χ4n) is 3.95. The summed E-state index contributed by atoms with van der Waals surface area (Å²) < 4.78 is 0. The van der Waals surface area contributed by atoms with Gasteiger partial charge in [-0.2, -0.15) is 0 Å². The lowest BCUT2D eigenvalue weighted by molar-refractivity contribution is -0.123. The van der Waals surface area contributed by atoms with Crippen LogP contribution in [0.1, 0.15) is 30.9 Å². The molecule has 0 spiro atoms. The lowest BCUT2D eigenvalue weighted by Gasteiger charge is -2.39. The Morgan fingerprint density at radius 2 is 2.00 bits per heavy atom. The van der Waals surface area contributed by atoms with Gasteiger partial charge < -0.3 is 26.0 Å². The highest BCUT2D eigenvalue weighted by atomic mass is 35.5. The largest absolute Gasteiger partial charge is 0.394 e. The molecule has 158 valence electrons. The van der Waals surface area contributed by atoms with E-state index in [-0.39, 0.29) is 18.9 Å². The summed E-state index contributed by atoms with van der Waals surface area (Å²) in [5.41, 5.74) is 7.58. The van der Waals surface area contributed by atoms with Crippen LogP contribution in [0, 0.1) is 0 Å². The van der Waals surface area contributed by atoms with Crippen molar-refractivity contribution < 1.29 is 9.90 Å². The average Bonchev–Trinajstić information content (AvgIpc) is 3.22. The molecule has 30 heavy (non-hydrogen) atoms. The number of rotatable bonds is 6. The second-order valence-electron chi connectivity index (χ2n) is 7.82. The summed E-state index contributed by atoms with van der Waals surface area (Å²) in [6.45, 7) is 1.22. The number of carbonyl (C=O) groups is 1. The summed E-state index contributed by atoms with van der Waals surface area (Å²) >= 11 is 5.91. The van der Waals surface area contributed by atoms with Crippen molar-refractivity contribution in [1.29, 1.82) is 0 Å². The molecule has 8 nitrogen and oxygen atoms in total. The molecule has 2 aromatic heterocycles. The highest BCUT2D eigenvalue weighted by Gasteiger charge is 2.34. The summed E-state index contributed by atoms with van der Waals surface area (Å²) in [5, 5.41) is 14.2. The molecule has 5 N–H and O–H groups in total. The molecule has 9 heteroatoms. The first-order valence-electron chi connectivity index (χ1n) is 9.95. The molecule has 1 saturated heterocycles. The van der Waals surface area contributed by atoms with E-state index in [2.05, 4.69) is 25.2 Å². The summed E-state index contributed by atoms with van der Waals surface area (Å²) in [6.07, 6.45) is 4.94. The van der Waals surface area contributed by atoms with Gasteiger partial charge in [-0.15, -0.1) is 0 Å². The van der Waals surface area contributed by atoms with E-state index in [1.165, 1.54) is 0 Å². The van der Waals surface area contributed by atoms with Gasteiger partial charge in [0.05, 0.1) is 18.0 Å². The van der Waals surface area contributed by atoms with Gasteiger partial charge in [0.2, 0.25) is 5.91 Å². The Bertz CT molecular complexity index is 1010. The van der Waals surface area contributed by atoms with Gasteiger partial charge in [-0.25, -0.2) is 9.97 Å². The van der Waals surface area contributed by atoms with Crippen molar-refractivity contribution in [3.8, 4) is 0 Å². The van der Waals surface area contributed by atoms with E-state index >= 15 is 0 Å². The van der Waals surface area contributed by atoms with Crippen molar-refractivity contribution in [3.63, 3.8) is 0 Å². The molecule has 3 aromatic rings. The molecule has 1 aliphatic heterocycles. The van der Waals surface area contributed by atoms with Crippen molar-refractivity contribution in [3.05, 3.63) is 53.4 Å². The number of nitrogens with zero attached hydrogens (tertiary/aromatic N) is 3. The van der Waals surface area contributed by atoms with Crippen molar-refractivity contribution in [2.75, 3.05) is 24.6 Å². The zero-order chi connectivity index (χ0) is 21.1. The molecule has 1 unspecified atom stereocenters. The number of nitrogens with two attached hydrogens (primary N) is 1. The van der Waals surface area contributed by atoms with Crippen molar-refractivity contribution in [1.82, 2.24) is 20.3 Å². The molecule has 0 aliphatic carbocycles. The first-order chi connectivity index (χ1) is 14.5. The number of amides is 1. The van der Waals surface area contributed by atoms with Crippen LogP contribution in [0.3, 0.4) is 0 Å². The number of piperidine rings is 1. The molecule has 1 amide bonds. The molecule has 0 radical (unpaired) electrons. The smallest absolute Gasteiger partial charge is 0.222 e. The molecule has 1 fully saturated rings. The van der Waals surface area contributed by atoms with Gasteiger partial charge >= 0.3 is 0 Å². The number of aromatic amines is 1. The second-order valence-corrected chi connectivity index (χ2v) is 8.25. The van der Waals surface area contributed by atoms with E-state index in [0.29, 0.717) is 31.0 Å². The van der Waals surface area contributed by atoms with Crippen LogP contribution < -0.4 is 16.0 Å². The molecular weight excluding hydrogens is 404 g/mol. The molecule has 1 atom stereocenters.